The molecule has 1 saturated heterocycles. The number of nitrogens with zero attached hydrogens (tertiary/aromatic N) is 5. The molecule has 5 rings (SSSR count). The fourth-order valence-corrected chi connectivity index (χ4v) is 6.29. The molecule has 1 aromatic carbocycles. The van der Waals surface area contributed by atoms with Gasteiger partial charge in [0, 0.05) is 49.5 Å². The van der Waals surface area contributed by atoms with E-state index in [0.717, 1.165) is 31.6 Å². The molecule has 2 aliphatic heterocycles. The van der Waals surface area contributed by atoms with Gasteiger partial charge in [-0.05, 0) is 57.3 Å². The molecule has 3 aromatic rings. The van der Waals surface area contributed by atoms with Gasteiger partial charge >= 0.3 is 0 Å². The maximum absolute atomic E-state index is 13.4. The quantitative estimate of drug-likeness (QED) is 0.539. The average Bonchev–Trinajstić information content (AvgIpc) is 3.38. The van der Waals surface area contributed by atoms with Crippen LogP contribution in [-0.4, -0.2) is 75.0 Å². The minimum Gasteiger partial charge on any atom is -0.494 e. The maximum Gasteiger partial charge on any atom is 0.225 e. The van der Waals surface area contributed by atoms with E-state index in [0.29, 0.717) is 28.9 Å². The summed E-state index contributed by atoms with van der Waals surface area (Å²) in [5.74, 6) is 1.17. The molecule has 36 heavy (non-hydrogen) atoms. The summed E-state index contributed by atoms with van der Waals surface area (Å²) >= 11 is 0. The lowest BCUT2D eigenvalue weighted by Crippen LogP contribution is -2.43. The average molecular weight is 510 g/mol. The number of hydrogen-bond acceptors (Lipinski definition) is 9. The van der Waals surface area contributed by atoms with Crippen molar-refractivity contribution in [3.63, 3.8) is 0 Å². The molecule has 2 aromatic heterocycles. The summed E-state index contributed by atoms with van der Waals surface area (Å²) in [5.41, 5.74) is 8.68. The number of ether oxygens (including phenoxy) is 1. The van der Waals surface area contributed by atoms with Crippen LogP contribution in [0.1, 0.15) is 18.4 Å². The number of rotatable bonds is 5. The van der Waals surface area contributed by atoms with E-state index in [4.69, 9.17) is 10.5 Å². The smallest absolute Gasteiger partial charge is 0.225 e. The second-order valence-electron chi connectivity index (χ2n) is 9.19. The number of aromatic nitrogens is 2. The lowest BCUT2D eigenvalue weighted by Gasteiger charge is -2.37. The number of piperidine rings is 1. The van der Waals surface area contributed by atoms with Gasteiger partial charge in [0.25, 0.3) is 0 Å². The second kappa shape index (κ2) is 9.57. The Morgan fingerprint density at radius 2 is 1.94 bits per heavy atom. The van der Waals surface area contributed by atoms with E-state index in [9.17, 15) is 8.42 Å². The van der Waals surface area contributed by atoms with Gasteiger partial charge in [0.2, 0.25) is 9.84 Å². The molecule has 3 N–H and O–H groups in total. The van der Waals surface area contributed by atoms with E-state index >= 15 is 0 Å². The molecule has 4 heterocycles. The van der Waals surface area contributed by atoms with Gasteiger partial charge in [-0.25, -0.2) is 13.4 Å². The van der Waals surface area contributed by atoms with Gasteiger partial charge in [0.15, 0.2) is 11.3 Å². The maximum atomic E-state index is 13.4. The summed E-state index contributed by atoms with van der Waals surface area (Å²) in [6.07, 6.45) is 5.74. The zero-order valence-corrected chi connectivity index (χ0v) is 21.4. The molecule has 0 amide bonds. The lowest BCUT2D eigenvalue weighted by molar-refractivity contribution is 0.249. The topological polar surface area (TPSA) is 120 Å². The summed E-state index contributed by atoms with van der Waals surface area (Å²) in [5, 5.41) is -0.0881. The first kappa shape index (κ1) is 24.3. The number of sulfone groups is 1. The van der Waals surface area contributed by atoms with E-state index in [-0.39, 0.29) is 9.94 Å². The van der Waals surface area contributed by atoms with Crippen molar-refractivity contribution in [1.82, 2.24) is 14.9 Å². The van der Waals surface area contributed by atoms with E-state index in [1.807, 2.05) is 12.1 Å². The molecular weight excluding hydrogens is 478 g/mol. The van der Waals surface area contributed by atoms with Crippen molar-refractivity contribution < 1.29 is 13.2 Å². The first-order chi connectivity index (χ1) is 17.3. The molecule has 11 heteroatoms. The number of aromatic amines is 1. The van der Waals surface area contributed by atoms with Crippen LogP contribution in [0.3, 0.4) is 0 Å². The van der Waals surface area contributed by atoms with Gasteiger partial charge in [-0.1, -0.05) is 0 Å². The van der Waals surface area contributed by atoms with E-state index in [1.54, 1.807) is 30.3 Å². The lowest BCUT2D eigenvalue weighted by atomic mass is 10.0. The number of nitrogens with one attached hydrogen (secondary N) is 1. The Morgan fingerprint density at radius 3 is 2.61 bits per heavy atom. The molecule has 2 aliphatic rings. The van der Waals surface area contributed by atoms with Crippen molar-refractivity contribution in [3.05, 3.63) is 60.6 Å². The zero-order chi connectivity index (χ0) is 25.4. The number of H-pyrrole nitrogens is 1. The summed E-state index contributed by atoms with van der Waals surface area (Å²) in [4.78, 5) is 18.0. The van der Waals surface area contributed by atoms with Gasteiger partial charge in [-0.15, -0.1) is 0 Å². The summed E-state index contributed by atoms with van der Waals surface area (Å²) < 4.78 is 32.5. The Bertz CT molecular complexity index is 1360. The standard InChI is InChI=1S/C25H31N7O3S/c1-30(2)17-9-13-31(14-10-17)18-6-7-21(22(15-18)35-3)32-23-20(8-12-28-23)24(29-25(32)26)36(33,34)19-5-4-11-27-16-19/h4-8,11-12,15-17,25,28H,9-10,13-14,26H2,1-3H3. The Kier molecular flexibility index (Phi) is 6.45. The monoisotopic (exact) mass is 509 g/mol. The largest absolute Gasteiger partial charge is 0.494 e. The Morgan fingerprint density at radius 1 is 1.17 bits per heavy atom. The number of fused-ring (bicyclic) bond motifs is 1. The van der Waals surface area contributed by atoms with E-state index in [2.05, 4.69) is 44.9 Å². The molecule has 1 atom stereocenters. The van der Waals surface area contributed by atoms with Crippen LogP contribution in [0.4, 0.5) is 17.2 Å². The van der Waals surface area contributed by atoms with Crippen molar-refractivity contribution in [2.24, 2.45) is 10.7 Å². The van der Waals surface area contributed by atoms with Crippen molar-refractivity contribution in [2.45, 2.75) is 30.1 Å². The van der Waals surface area contributed by atoms with Crippen LogP contribution in [0.15, 0.2) is 64.9 Å². The molecule has 0 radical (unpaired) electrons. The van der Waals surface area contributed by atoms with Gasteiger partial charge in [-0.2, -0.15) is 0 Å². The van der Waals surface area contributed by atoms with Crippen molar-refractivity contribution in [2.75, 3.05) is 44.1 Å². The highest BCUT2D eigenvalue weighted by molar-refractivity contribution is 8.07. The third-order valence-electron chi connectivity index (χ3n) is 6.89. The minimum absolute atomic E-state index is 0.0662. The number of methoxy groups -OCH3 is 1. The summed E-state index contributed by atoms with van der Waals surface area (Å²) in [6.45, 7) is 1.93. The highest BCUT2D eigenvalue weighted by atomic mass is 32.2. The van der Waals surface area contributed by atoms with Crippen LogP contribution < -0.4 is 20.3 Å². The van der Waals surface area contributed by atoms with Gasteiger partial charge in [0.1, 0.15) is 11.6 Å². The number of aliphatic imine (C=N–C) groups is 1. The Labute approximate surface area is 211 Å². The predicted octanol–water partition coefficient (Wildman–Crippen LogP) is 2.56. The summed E-state index contributed by atoms with van der Waals surface area (Å²) in [6, 6.07) is 11.4. The zero-order valence-electron chi connectivity index (χ0n) is 20.6. The minimum atomic E-state index is -3.91. The molecule has 0 bridgehead atoms. The fourth-order valence-electron chi connectivity index (χ4n) is 4.91. The van der Waals surface area contributed by atoms with Crippen molar-refractivity contribution in [1.29, 1.82) is 0 Å². The van der Waals surface area contributed by atoms with Crippen LogP contribution in [0.2, 0.25) is 0 Å². The molecule has 10 nitrogen and oxygen atoms in total. The number of nitrogens with two attached hydrogens (primary N) is 1. The van der Waals surface area contributed by atoms with E-state index in [1.165, 1.54) is 18.5 Å². The first-order valence-corrected chi connectivity index (χ1v) is 13.3. The van der Waals surface area contributed by atoms with Crippen LogP contribution in [-0.2, 0) is 9.84 Å². The molecule has 0 aliphatic carbocycles. The predicted molar refractivity (Wildman–Crippen MR) is 141 cm³/mol. The normalized spacial score (nSPS) is 18.8. The SMILES string of the molecule is COc1cc(N2CCC(N(C)C)CC2)ccc1N1c2[nH]ccc2C(S(=O)(=O)c2cccnc2)=NC1N. The van der Waals surface area contributed by atoms with E-state index < -0.39 is 16.1 Å². The van der Waals surface area contributed by atoms with Crippen LogP contribution in [0.25, 0.3) is 0 Å². The fraction of sp³-hybridized carbons (Fsp3) is 0.360. The highest BCUT2D eigenvalue weighted by Gasteiger charge is 2.36. The number of pyridine rings is 1. The molecular formula is C25H31N7O3S. The molecule has 190 valence electrons. The van der Waals surface area contributed by atoms with Gasteiger partial charge in [-0.3, -0.25) is 15.6 Å². The number of benzene rings is 1. The second-order valence-corrected chi connectivity index (χ2v) is 11.1. The van der Waals surface area contributed by atoms with Crippen molar-refractivity contribution in [3.8, 4) is 5.75 Å². The third-order valence-corrected chi connectivity index (χ3v) is 8.59. The van der Waals surface area contributed by atoms with Crippen LogP contribution in [0, 0.1) is 0 Å². The molecule has 0 spiro atoms. The van der Waals surface area contributed by atoms with Gasteiger partial charge in [0.05, 0.1) is 23.3 Å². The number of hydrogen-bond donors (Lipinski definition) is 2. The van der Waals surface area contributed by atoms with Crippen molar-refractivity contribution >= 4 is 32.1 Å². The Balaban J connectivity index is 1.48. The summed E-state index contributed by atoms with van der Waals surface area (Å²) in [7, 11) is 1.97. The van der Waals surface area contributed by atoms with Crippen LogP contribution in [0.5, 0.6) is 5.75 Å². The first-order valence-electron chi connectivity index (χ1n) is 11.9. The third kappa shape index (κ3) is 4.23. The molecule has 0 saturated carbocycles. The van der Waals surface area contributed by atoms with Crippen LogP contribution >= 0.6 is 0 Å². The molecule has 1 fully saturated rings. The Hall–Kier alpha value is -3.41. The number of anilines is 3. The molecule has 1 unspecified atom stereocenters. The highest BCUT2D eigenvalue weighted by Crippen LogP contribution is 2.41. The van der Waals surface area contributed by atoms with Gasteiger partial charge < -0.3 is 19.5 Å².